The van der Waals surface area contributed by atoms with Crippen molar-refractivity contribution in [3.8, 4) is 0 Å². The van der Waals surface area contributed by atoms with Crippen LogP contribution in [0.5, 0.6) is 0 Å². The smallest absolute Gasteiger partial charge is 0.291 e. The van der Waals surface area contributed by atoms with E-state index in [-0.39, 0.29) is 5.56 Å². The molecule has 0 atom stereocenters. The molecule has 0 saturated heterocycles. The fourth-order valence-corrected chi connectivity index (χ4v) is 5.24. The van der Waals surface area contributed by atoms with E-state index in [2.05, 4.69) is 15.1 Å². The van der Waals surface area contributed by atoms with Gasteiger partial charge in [0, 0.05) is 35.8 Å². The first kappa shape index (κ1) is 15.8. The molecule has 0 fully saturated rings. The standard InChI is InChI=1S/C16H12N6OS3/c1-21-13-10(5-19-22(16(13)23)6-12-17-2-3-25-12)14-15(21)20-11(26-14)4-9-7-24-8-18-9/h2-3,5,7-8H,4,6H2,1H3. The molecule has 10 heteroatoms. The van der Waals surface area contributed by atoms with Crippen molar-refractivity contribution in [2.75, 3.05) is 0 Å². The fourth-order valence-electron chi connectivity index (χ4n) is 2.96. The lowest BCUT2D eigenvalue weighted by atomic mass is 10.3. The first-order valence-electron chi connectivity index (χ1n) is 7.80. The second-order valence-corrected chi connectivity index (χ2v) is 8.55. The highest BCUT2D eigenvalue weighted by Gasteiger charge is 2.18. The Bertz CT molecular complexity index is 1260. The third kappa shape index (κ3) is 2.49. The highest BCUT2D eigenvalue weighted by Crippen LogP contribution is 2.31. The Hall–Kier alpha value is -2.43. The summed E-state index contributed by atoms with van der Waals surface area (Å²) in [6.45, 7) is 0.383. The van der Waals surface area contributed by atoms with Crippen LogP contribution in [0, 0.1) is 0 Å². The van der Waals surface area contributed by atoms with Crippen LogP contribution in [-0.4, -0.2) is 29.3 Å². The summed E-state index contributed by atoms with van der Waals surface area (Å²) in [5, 5.41) is 11.0. The van der Waals surface area contributed by atoms with Crippen molar-refractivity contribution in [3.63, 3.8) is 0 Å². The molecule has 7 nitrogen and oxygen atoms in total. The van der Waals surface area contributed by atoms with E-state index < -0.39 is 0 Å². The lowest BCUT2D eigenvalue weighted by Gasteiger charge is -2.03. The van der Waals surface area contributed by atoms with Gasteiger partial charge >= 0.3 is 0 Å². The quantitative estimate of drug-likeness (QED) is 0.463. The van der Waals surface area contributed by atoms with Gasteiger partial charge in [0.25, 0.3) is 5.56 Å². The fraction of sp³-hybridized carbons (Fsp3) is 0.188. The van der Waals surface area contributed by atoms with Crippen molar-refractivity contribution in [2.24, 2.45) is 7.05 Å². The van der Waals surface area contributed by atoms with Crippen LogP contribution in [0.4, 0.5) is 0 Å². The average molecular weight is 401 g/mol. The van der Waals surface area contributed by atoms with Crippen LogP contribution in [0.25, 0.3) is 21.3 Å². The van der Waals surface area contributed by atoms with E-state index in [0.29, 0.717) is 18.5 Å². The number of hydrogen-bond donors (Lipinski definition) is 0. The monoisotopic (exact) mass is 400 g/mol. The molecule has 0 amide bonds. The zero-order chi connectivity index (χ0) is 17.7. The van der Waals surface area contributed by atoms with Crippen LogP contribution >= 0.6 is 34.0 Å². The summed E-state index contributed by atoms with van der Waals surface area (Å²) < 4.78 is 4.33. The molecule has 130 valence electrons. The van der Waals surface area contributed by atoms with E-state index in [1.807, 2.05) is 27.9 Å². The molecule has 0 spiro atoms. The third-order valence-electron chi connectivity index (χ3n) is 4.15. The van der Waals surface area contributed by atoms with Gasteiger partial charge in [-0.15, -0.1) is 34.0 Å². The van der Waals surface area contributed by atoms with Crippen LogP contribution < -0.4 is 5.56 Å². The third-order valence-corrected chi connectivity index (χ3v) is 6.63. The molecule has 0 N–H and O–H groups in total. The molecule has 0 aliphatic rings. The largest absolute Gasteiger partial charge is 0.323 e. The van der Waals surface area contributed by atoms with Crippen molar-refractivity contribution >= 4 is 55.3 Å². The van der Waals surface area contributed by atoms with Crippen molar-refractivity contribution < 1.29 is 0 Å². The molecule has 5 rings (SSSR count). The topological polar surface area (TPSA) is 78.5 Å². The maximum Gasteiger partial charge on any atom is 0.291 e. The molecule has 0 aromatic carbocycles. The van der Waals surface area contributed by atoms with Crippen LogP contribution in [-0.2, 0) is 20.0 Å². The summed E-state index contributed by atoms with van der Waals surface area (Å²) >= 11 is 4.69. The van der Waals surface area contributed by atoms with Crippen molar-refractivity contribution in [1.82, 2.24) is 29.3 Å². The minimum Gasteiger partial charge on any atom is -0.323 e. The van der Waals surface area contributed by atoms with Gasteiger partial charge in [-0.05, 0) is 0 Å². The molecule has 0 radical (unpaired) electrons. The highest BCUT2D eigenvalue weighted by atomic mass is 32.1. The summed E-state index contributed by atoms with van der Waals surface area (Å²) in [5.41, 5.74) is 4.17. The van der Waals surface area contributed by atoms with Crippen LogP contribution in [0.15, 0.2) is 33.5 Å². The molecule has 0 bridgehead atoms. The van der Waals surface area contributed by atoms with Gasteiger partial charge < -0.3 is 4.57 Å². The van der Waals surface area contributed by atoms with Gasteiger partial charge in [0.15, 0.2) is 5.65 Å². The summed E-state index contributed by atoms with van der Waals surface area (Å²) in [4.78, 5) is 26.2. The number of fused-ring (bicyclic) bond motifs is 3. The van der Waals surface area contributed by atoms with Gasteiger partial charge in [-0.25, -0.2) is 19.6 Å². The molecule has 0 unspecified atom stereocenters. The van der Waals surface area contributed by atoms with Crippen molar-refractivity contribution in [2.45, 2.75) is 13.0 Å². The molecule has 0 aliphatic heterocycles. The van der Waals surface area contributed by atoms with E-state index in [4.69, 9.17) is 4.98 Å². The molecule has 0 saturated carbocycles. The number of aryl methyl sites for hydroxylation is 1. The van der Waals surface area contributed by atoms with Gasteiger partial charge in [0.1, 0.15) is 15.5 Å². The van der Waals surface area contributed by atoms with E-state index in [1.165, 1.54) is 16.0 Å². The van der Waals surface area contributed by atoms with Gasteiger partial charge in [-0.1, -0.05) is 0 Å². The maximum atomic E-state index is 12.9. The van der Waals surface area contributed by atoms with Gasteiger partial charge in [0.05, 0.1) is 28.6 Å². The number of rotatable bonds is 4. The Morgan fingerprint density at radius 2 is 2.15 bits per heavy atom. The lowest BCUT2D eigenvalue weighted by Crippen LogP contribution is -2.24. The van der Waals surface area contributed by atoms with Gasteiger partial charge in [-0.3, -0.25) is 4.79 Å². The van der Waals surface area contributed by atoms with E-state index >= 15 is 0 Å². The second kappa shape index (κ2) is 6.08. The number of nitrogens with zero attached hydrogens (tertiary/aromatic N) is 6. The van der Waals surface area contributed by atoms with Crippen LogP contribution in [0.1, 0.15) is 15.7 Å². The molecule has 5 aromatic heterocycles. The van der Waals surface area contributed by atoms with E-state index in [9.17, 15) is 4.79 Å². The maximum absolute atomic E-state index is 12.9. The molecule has 0 aliphatic carbocycles. The summed E-state index contributed by atoms with van der Waals surface area (Å²) in [6.07, 6.45) is 4.20. The zero-order valence-electron chi connectivity index (χ0n) is 13.6. The zero-order valence-corrected chi connectivity index (χ0v) is 16.1. The Kier molecular flexibility index (Phi) is 3.69. The highest BCUT2D eigenvalue weighted by molar-refractivity contribution is 7.19. The Balaban J connectivity index is 1.62. The lowest BCUT2D eigenvalue weighted by molar-refractivity contribution is 0.641. The van der Waals surface area contributed by atoms with Crippen LogP contribution in [0.3, 0.4) is 0 Å². The predicted molar refractivity (Wildman–Crippen MR) is 104 cm³/mol. The summed E-state index contributed by atoms with van der Waals surface area (Å²) in [5.74, 6) is 0. The van der Waals surface area contributed by atoms with E-state index in [1.54, 1.807) is 35.1 Å². The predicted octanol–water partition coefficient (Wildman–Crippen LogP) is 2.90. The minimum absolute atomic E-state index is 0.119. The number of thiazole rings is 3. The Morgan fingerprint density at radius 3 is 2.92 bits per heavy atom. The van der Waals surface area contributed by atoms with Crippen LogP contribution in [0.2, 0.25) is 0 Å². The molecular formula is C16H12N6OS3. The molecular weight excluding hydrogens is 388 g/mol. The molecule has 26 heavy (non-hydrogen) atoms. The minimum atomic E-state index is -0.119. The Labute approximate surface area is 159 Å². The normalized spacial score (nSPS) is 11.7. The first-order valence-corrected chi connectivity index (χ1v) is 10.4. The molecule has 5 heterocycles. The van der Waals surface area contributed by atoms with Crippen molar-refractivity contribution in [1.29, 1.82) is 0 Å². The first-order chi connectivity index (χ1) is 12.7. The van der Waals surface area contributed by atoms with E-state index in [0.717, 1.165) is 31.4 Å². The summed E-state index contributed by atoms with van der Waals surface area (Å²) in [7, 11) is 1.88. The van der Waals surface area contributed by atoms with Crippen molar-refractivity contribution in [3.05, 3.63) is 54.7 Å². The molecule has 5 aromatic rings. The van der Waals surface area contributed by atoms with Gasteiger partial charge in [0.2, 0.25) is 0 Å². The average Bonchev–Trinajstić information content (AvgIpc) is 3.39. The summed E-state index contributed by atoms with van der Waals surface area (Å²) in [6, 6.07) is 0. The van der Waals surface area contributed by atoms with Gasteiger partial charge in [-0.2, -0.15) is 5.10 Å². The number of hydrogen-bond acceptors (Lipinski definition) is 8. The Morgan fingerprint density at radius 1 is 1.23 bits per heavy atom. The second-order valence-electron chi connectivity index (χ2n) is 5.77. The SMILES string of the molecule is Cn1c2nc(Cc3cscn3)sc2c2cnn(Cc3nccs3)c(=O)c21. The number of aromatic nitrogens is 6.